The Kier molecular flexibility index (Phi) is 3.06. The minimum Gasteiger partial charge on any atom is -0.361 e. The van der Waals surface area contributed by atoms with Gasteiger partial charge in [-0.2, -0.15) is 0 Å². The van der Waals surface area contributed by atoms with Gasteiger partial charge in [-0.25, -0.2) is 12.8 Å². The highest BCUT2D eigenvalue weighted by molar-refractivity contribution is 7.90. The van der Waals surface area contributed by atoms with Crippen LogP contribution >= 0.6 is 0 Å². The van der Waals surface area contributed by atoms with Crippen LogP contribution in [0, 0.1) is 5.82 Å². The quantitative estimate of drug-likeness (QED) is 0.752. The molecule has 0 aliphatic carbocycles. The third-order valence-corrected chi connectivity index (χ3v) is 4.87. The van der Waals surface area contributed by atoms with Crippen molar-refractivity contribution in [3.63, 3.8) is 0 Å². The lowest BCUT2D eigenvalue weighted by Crippen LogP contribution is -2.04. The summed E-state index contributed by atoms with van der Waals surface area (Å²) in [5.41, 5.74) is 1.61. The maximum Gasteiger partial charge on any atom is 0.182 e. The minimum absolute atomic E-state index is 0.108. The summed E-state index contributed by atoms with van der Waals surface area (Å²) in [5.74, 6) is -0.557. The van der Waals surface area contributed by atoms with Gasteiger partial charge in [0.05, 0.1) is 10.6 Å². The monoisotopic (exact) mass is 289 g/mol. The first-order valence-corrected chi connectivity index (χ1v) is 7.75. The predicted molar refractivity (Wildman–Crippen MR) is 75.6 cm³/mol. The SMILES string of the molecule is O=S(=O)(Cc1c[nH]c2ccccc12)c1ccc(F)cc1. The first-order valence-electron chi connectivity index (χ1n) is 6.09. The molecule has 0 unspecified atom stereocenters. The lowest BCUT2D eigenvalue weighted by molar-refractivity contribution is 0.594. The molecule has 1 N–H and O–H groups in total. The fourth-order valence-corrected chi connectivity index (χ4v) is 3.55. The third kappa shape index (κ3) is 2.32. The van der Waals surface area contributed by atoms with Gasteiger partial charge in [-0.05, 0) is 35.9 Å². The molecule has 0 aliphatic rings. The van der Waals surface area contributed by atoms with Gasteiger partial charge in [0, 0.05) is 17.1 Å². The highest BCUT2D eigenvalue weighted by Gasteiger charge is 2.17. The summed E-state index contributed by atoms with van der Waals surface area (Å²) in [6.07, 6.45) is 1.70. The molecule has 102 valence electrons. The van der Waals surface area contributed by atoms with Crippen LogP contribution in [0.1, 0.15) is 5.56 Å². The van der Waals surface area contributed by atoms with Crippen LogP contribution in [0.5, 0.6) is 0 Å². The van der Waals surface area contributed by atoms with Gasteiger partial charge < -0.3 is 4.98 Å². The van der Waals surface area contributed by atoms with Crippen LogP contribution in [0.15, 0.2) is 59.6 Å². The molecule has 0 fully saturated rings. The van der Waals surface area contributed by atoms with Gasteiger partial charge in [0.2, 0.25) is 0 Å². The van der Waals surface area contributed by atoms with Crippen molar-refractivity contribution >= 4 is 20.7 Å². The van der Waals surface area contributed by atoms with Crippen molar-refractivity contribution in [2.75, 3.05) is 0 Å². The van der Waals surface area contributed by atoms with Crippen molar-refractivity contribution < 1.29 is 12.8 Å². The molecule has 0 atom stereocenters. The van der Waals surface area contributed by atoms with Crippen molar-refractivity contribution in [2.45, 2.75) is 10.6 Å². The average Bonchev–Trinajstić information content (AvgIpc) is 2.82. The van der Waals surface area contributed by atoms with E-state index in [9.17, 15) is 12.8 Å². The van der Waals surface area contributed by atoms with Crippen LogP contribution in [0.3, 0.4) is 0 Å². The van der Waals surface area contributed by atoms with Crippen LogP contribution in [0.2, 0.25) is 0 Å². The van der Waals surface area contributed by atoms with Gasteiger partial charge in [0.15, 0.2) is 9.84 Å². The molecule has 2 aromatic carbocycles. The number of aromatic amines is 1. The largest absolute Gasteiger partial charge is 0.361 e. The molecular formula is C15H12FNO2S. The van der Waals surface area contributed by atoms with Crippen molar-refractivity contribution in [2.24, 2.45) is 0 Å². The molecule has 0 saturated carbocycles. The van der Waals surface area contributed by atoms with Crippen LogP contribution < -0.4 is 0 Å². The Morgan fingerprint density at radius 1 is 1.00 bits per heavy atom. The zero-order valence-corrected chi connectivity index (χ0v) is 11.3. The summed E-state index contributed by atoms with van der Waals surface area (Å²) < 4.78 is 37.5. The number of hydrogen-bond donors (Lipinski definition) is 1. The van der Waals surface area contributed by atoms with Gasteiger partial charge in [0.1, 0.15) is 5.82 Å². The molecule has 5 heteroatoms. The number of sulfone groups is 1. The van der Waals surface area contributed by atoms with Crippen molar-refractivity contribution in [1.29, 1.82) is 0 Å². The highest BCUT2D eigenvalue weighted by atomic mass is 32.2. The van der Waals surface area contributed by atoms with Crippen LogP contribution in [-0.4, -0.2) is 13.4 Å². The first kappa shape index (κ1) is 12.9. The number of H-pyrrole nitrogens is 1. The van der Waals surface area contributed by atoms with Gasteiger partial charge >= 0.3 is 0 Å². The molecule has 0 aliphatic heterocycles. The lowest BCUT2D eigenvalue weighted by Gasteiger charge is -2.03. The summed E-state index contributed by atoms with van der Waals surface area (Å²) in [5, 5.41) is 0.887. The second kappa shape index (κ2) is 4.76. The molecule has 3 nitrogen and oxygen atoms in total. The molecule has 0 spiro atoms. The average molecular weight is 289 g/mol. The Morgan fingerprint density at radius 3 is 2.45 bits per heavy atom. The zero-order valence-electron chi connectivity index (χ0n) is 10.5. The fraction of sp³-hybridized carbons (Fsp3) is 0.0667. The number of para-hydroxylation sites is 1. The second-order valence-corrected chi connectivity index (χ2v) is 6.56. The molecule has 0 amide bonds. The Bertz CT molecular complexity index is 851. The number of halogens is 1. The van der Waals surface area contributed by atoms with Crippen LogP contribution in [-0.2, 0) is 15.6 Å². The maximum absolute atomic E-state index is 12.9. The van der Waals surface area contributed by atoms with E-state index in [4.69, 9.17) is 0 Å². The fourth-order valence-electron chi connectivity index (χ4n) is 2.18. The number of aromatic nitrogens is 1. The number of rotatable bonds is 3. The van der Waals surface area contributed by atoms with E-state index in [1.54, 1.807) is 6.20 Å². The molecule has 1 aromatic heterocycles. The predicted octanol–water partition coefficient (Wildman–Crippen LogP) is 3.28. The van der Waals surface area contributed by atoms with E-state index in [0.717, 1.165) is 23.0 Å². The van der Waals surface area contributed by atoms with Crippen molar-refractivity contribution in [3.8, 4) is 0 Å². The summed E-state index contributed by atoms with van der Waals surface area (Å²) in [6.45, 7) is 0. The smallest absolute Gasteiger partial charge is 0.182 e. The summed E-state index contributed by atoms with van der Waals surface area (Å²) in [7, 11) is -3.48. The van der Waals surface area contributed by atoms with Crippen LogP contribution in [0.25, 0.3) is 10.9 Å². The Labute approximate surface area is 116 Å². The number of benzene rings is 2. The molecule has 0 bridgehead atoms. The molecule has 1 heterocycles. The summed E-state index contributed by atoms with van der Waals surface area (Å²) in [6, 6.07) is 12.4. The summed E-state index contributed by atoms with van der Waals surface area (Å²) >= 11 is 0. The van der Waals surface area contributed by atoms with E-state index in [-0.39, 0.29) is 10.6 Å². The number of nitrogens with one attached hydrogen (secondary N) is 1. The molecule has 20 heavy (non-hydrogen) atoms. The minimum atomic E-state index is -3.48. The van der Waals surface area contributed by atoms with Crippen molar-refractivity contribution in [1.82, 2.24) is 4.98 Å². The maximum atomic E-state index is 12.9. The normalized spacial score (nSPS) is 11.8. The van der Waals surface area contributed by atoms with E-state index in [2.05, 4.69) is 4.98 Å². The third-order valence-electron chi connectivity index (χ3n) is 3.19. The van der Waals surface area contributed by atoms with Gasteiger partial charge in [-0.15, -0.1) is 0 Å². The Morgan fingerprint density at radius 2 is 1.70 bits per heavy atom. The Balaban J connectivity index is 1.99. The molecule has 0 radical (unpaired) electrons. The molecule has 3 rings (SSSR count). The molecule has 0 saturated heterocycles. The summed E-state index contributed by atoms with van der Waals surface area (Å²) in [4.78, 5) is 3.18. The van der Waals surface area contributed by atoms with E-state index in [0.29, 0.717) is 5.56 Å². The van der Waals surface area contributed by atoms with E-state index in [1.165, 1.54) is 12.1 Å². The van der Waals surface area contributed by atoms with Crippen molar-refractivity contribution in [3.05, 3.63) is 66.1 Å². The van der Waals surface area contributed by atoms with Gasteiger partial charge in [-0.1, -0.05) is 18.2 Å². The van der Waals surface area contributed by atoms with E-state index < -0.39 is 15.7 Å². The topological polar surface area (TPSA) is 49.9 Å². The number of fused-ring (bicyclic) bond motifs is 1. The second-order valence-electron chi connectivity index (χ2n) is 4.57. The Hall–Kier alpha value is -2.14. The van der Waals surface area contributed by atoms with E-state index >= 15 is 0 Å². The lowest BCUT2D eigenvalue weighted by atomic mass is 10.2. The standard InChI is InChI=1S/C15H12FNO2S/c16-12-5-7-13(8-6-12)20(18,19)10-11-9-17-15-4-2-1-3-14(11)15/h1-9,17H,10H2. The van der Waals surface area contributed by atoms with Gasteiger partial charge in [0.25, 0.3) is 0 Å². The first-order chi connectivity index (χ1) is 9.56. The van der Waals surface area contributed by atoms with E-state index in [1.807, 2.05) is 24.3 Å². The zero-order chi connectivity index (χ0) is 14.2. The van der Waals surface area contributed by atoms with Gasteiger partial charge in [-0.3, -0.25) is 0 Å². The highest BCUT2D eigenvalue weighted by Crippen LogP contribution is 2.23. The molecule has 3 aromatic rings. The van der Waals surface area contributed by atoms with Crippen LogP contribution in [0.4, 0.5) is 4.39 Å². The number of hydrogen-bond acceptors (Lipinski definition) is 2. The molecular weight excluding hydrogens is 277 g/mol.